The van der Waals surface area contributed by atoms with Crippen molar-refractivity contribution in [3.8, 4) is 0 Å². The van der Waals surface area contributed by atoms with Crippen molar-refractivity contribution in [2.75, 3.05) is 5.73 Å². The van der Waals surface area contributed by atoms with E-state index in [-0.39, 0.29) is 0 Å². The zero-order chi connectivity index (χ0) is 12.8. The third kappa shape index (κ3) is 11.4. The summed E-state index contributed by atoms with van der Waals surface area (Å²) in [5.41, 5.74) is 6.18. The largest absolute Gasteiger partial charge is 0.399 e. The van der Waals surface area contributed by atoms with E-state index in [1.165, 1.54) is 0 Å². The highest BCUT2D eigenvalue weighted by atomic mass is 32.2. The summed E-state index contributed by atoms with van der Waals surface area (Å²) < 4.78 is 0.802. The van der Waals surface area contributed by atoms with Crippen molar-refractivity contribution in [3.63, 3.8) is 0 Å². The minimum atomic E-state index is 0.401. The number of thioether (sulfide) groups is 1. The Hall–Kier alpha value is -0.630. The summed E-state index contributed by atoms with van der Waals surface area (Å²) in [5, 5.41) is 0. The molecule has 1 aromatic carbocycles. The van der Waals surface area contributed by atoms with E-state index in [1.54, 1.807) is 0 Å². The standard InChI is InChI=1S/C8H18S.C6H7N/c1-7(2,3)9-8(4,5)6;7-6-4-2-1-3-5-6/h1-6H3;1-5H,7H2. The van der Waals surface area contributed by atoms with E-state index < -0.39 is 0 Å². The first-order chi connectivity index (χ1) is 7.10. The van der Waals surface area contributed by atoms with E-state index in [4.69, 9.17) is 5.73 Å². The summed E-state index contributed by atoms with van der Waals surface area (Å²) in [6.07, 6.45) is 0. The predicted molar refractivity (Wildman–Crippen MR) is 78.0 cm³/mol. The minimum Gasteiger partial charge on any atom is -0.399 e. The van der Waals surface area contributed by atoms with Crippen molar-refractivity contribution >= 4 is 17.4 Å². The molecule has 0 radical (unpaired) electrons. The Morgan fingerprint density at radius 2 is 1.19 bits per heavy atom. The molecule has 0 atom stereocenters. The average molecular weight is 239 g/mol. The van der Waals surface area contributed by atoms with Gasteiger partial charge >= 0.3 is 0 Å². The van der Waals surface area contributed by atoms with Gasteiger partial charge in [0.25, 0.3) is 0 Å². The second-order valence-electron chi connectivity index (χ2n) is 5.74. The highest BCUT2D eigenvalue weighted by Crippen LogP contribution is 2.35. The Morgan fingerprint density at radius 1 is 0.812 bits per heavy atom. The summed E-state index contributed by atoms with van der Waals surface area (Å²) in [5.74, 6) is 0. The molecular weight excluding hydrogens is 214 g/mol. The molecule has 1 nitrogen and oxygen atoms in total. The summed E-state index contributed by atoms with van der Waals surface area (Å²) in [6.45, 7) is 13.5. The van der Waals surface area contributed by atoms with E-state index in [0.717, 1.165) is 5.69 Å². The van der Waals surface area contributed by atoms with Crippen LogP contribution >= 0.6 is 11.8 Å². The Morgan fingerprint density at radius 3 is 1.31 bits per heavy atom. The van der Waals surface area contributed by atoms with Crippen LogP contribution in [0.15, 0.2) is 30.3 Å². The number of para-hydroxylation sites is 1. The Kier molecular flexibility index (Phi) is 5.95. The molecular formula is C14H25NS. The lowest BCUT2D eigenvalue weighted by Crippen LogP contribution is -2.19. The van der Waals surface area contributed by atoms with Crippen LogP contribution in [0.3, 0.4) is 0 Å². The Bertz CT molecular complexity index is 268. The van der Waals surface area contributed by atoms with Gasteiger partial charge in [-0.2, -0.15) is 11.8 Å². The second kappa shape index (κ2) is 6.19. The average Bonchev–Trinajstić information content (AvgIpc) is 1.99. The molecule has 0 aromatic heterocycles. The molecule has 2 heteroatoms. The number of anilines is 1. The molecule has 2 N–H and O–H groups in total. The van der Waals surface area contributed by atoms with Crippen molar-refractivity contribution in [1.29, 1.82) is 0 Å². The van der Waals surface area contributed by atoms with Gasteiger partial charge in [0.15, 0.2) is 0 Å². The van der Waals surface area contributed by atoms with Crippen LogP contribution in [0, 0.1) is 0 Å². The number of rotatable bonds is 0. The Balaban J connectivity index is 0.000000288. The smallest absolute Gasteiger partial charge is 0.0313 e. The molecule has 0 heterocycles. The van der Waals surface area contributed by atoms with Crippen molar-refractivity contribution in [2.45, 2.75) is 51.0 Å². The fourth-order valence-electron chi connectivity index (χ4n) is 1.37. The molecule has 0 unspecified atom stereocenters. The first-order valence-corrected chi connectivity index (χ1v) is 6.42. The zero-order valence-electron chi connectivity index (χ0n) is 11.4. The van der Waals surface area contributed by atoms with Gasteiger partial charge in [0.2, 0.25) is 0 Å². The van der Waals surface area contributed by atoms with Gasteiger partial charge in [-0.15, -0.1) is 0 Å². The molecule has 92 valence electrons. The van der Waals surface area contributed by atoms with Crippen molar-refractivity contribution in [1.82, 2.24) is 0 Å². The number of benzene rings is 1. The van der Waals surface area contributed by atoms with Crippen LogP contribution in [0.1, 0.15) is 41.5 Å². The molecule has 0 bridgehead atoms. The maximum atomic E-state index is 5.36. The van der Waals surface area contributed by atoms with Gasteiger partial charge in [0, 0.05) is 15.2 Å². The minimum absolute atomic E-state index is 0.401. The molecule has 0 fully saturated rings. The molecule has 0 saturated heterocycles. The van der Waals surface area contributed by atoms with Crippen LogP contribution < -0.4 is 5.73 Å². The van der Waals surface area contributed by atoms with E-state index in [0.29, 0.717) is 9.49 Å². The molecule has 1 rings (SSSR count). The normalized spacial score (nSPS) is 11.6. The Labute approximate surface area is 105 Å². The molecule has 0 spiro atoms. The molecule has 0 aliphatic rings. The van der Waals surface area contributed by atoms with Crippen molar-refractivity contribution < 1.29 is 0 Å². The van der Waals surface area contributed by atoms with E-state index in [1.807, 2.05) is 42.1 Å². The van der Waals surface area contributed by atoms with E-state index in [2.05, 4.69) is 41.5 Å². The predicted octanol–water partition coefficient (Wildman–Crippen LogP) is 4.59. The van der Waals surface area contributed by atoms with Crippen LogP contribution in [0.25, 0.3) is 0 Å². The highest BCUT2D eigenvalue weighted by molar-refractivity contribution is 8.01. The first kappa shape index (κ1) is 15.4. The van der Waals surface area contributed by atoms with Crippen LogP contribution in [0.2, 0.25) is 0 Å². The van der Waals surface area contributed by atoms with Crippen LogP contribution in [0.5, 0.6) is 0 Å². The fourth-order valence-corrected chi connectivity index (χ4v) is 3.21. The van der Waals surface area contributed by atoms with Gasteiger partial charge in [-0.3, -0.25) is 0 Å². The van der Waals surface area contributed by atoms with Gasteiger partial charge < -0.3 is 5.73 Å². The van der Waals surface area contributed by atoms with Gasteiger partial charge in [-0.1, -0.05) is 59.7 Å². The van der Waals surface area contributed by atoms with Gasteiger partial charge in [0.05, 0.1) is 0 Å². The number of hydrogen-bond donors (Lipinski definition) is 1. The summed E-state index contributed by atoms with van der Waals surface area (Å²) in [7, 11) is 0. The van der Waals surface area contributed by atoms with Gasteiger partial charge in [-0.05, 0) is 12.1 Å². The SMILES string of the molecule is CC(C)(C)SC(C)(C)C.Nc1ccccc1. The fraction of sp³-hybridized carbons (Fsp3) is 0.571. The lowest BCUT2D eigenvalue weighted by molar-refractivity contribution is 0.740. The highest BCUT2D eigenvalue weighted by Gasteiger charge is 2.20. The number of nitrogen functional groups attached to an aromatic ring is 1. The van der Waals surface area contributed by atoms with Crippen molar-refractivity contribution in [3.05, 3.63) is 30.3 Å². The maximum absolute atomic E-state index is 5.36. The van der Waals surface area contributed by atoms with E-state index >= 15 is 0 Å². The number of nitrogens with two attached hydrogens (primary N) is 1. The summed E-state index contributed by atoms with van der Waals surface area (Å²) in [4.78, 5) is 0. The maximum Gasteiger partial charge on any atom is 0.0313 e. The summed E-state index contributed by atoms with van der Waals surface area (Å²) >= 11 is 2.01. The van der Waals surface area contributed by atoms with Crippen LogP contribution in [-0.2, 0) is 0 Å². The molecule has 16 heavy (non-hydrogen) atoms. The molecule has 0 aliphatic carbocycles. The topological polar surface area (TPSA) is 26.0 Å². The zero-order valence-corrected chi connectivity index (χ0v) is 12.2. The van der Waals surface area contributed by atoms with Gasteiger partial charge in [0.1, 0.15) is 0 Å². The molecule has 0 saturated carbocycles. The molecule has 0 amide bonds. The van der Waals surface area contributed by atoms with Crippen molar-refractivity contribution in [2.24, 2.45) is 0 Å². The second-order valence-corrected chi connectivity index (χ2v) is 8.39. The first-order valence-electron chi connectivity index (χ1n) is 5.61. The van der Waals surface area contributed by atoms with Crippen LogP contribution in [0.4, 0.5) is 5.69 Å². The lowest BCUT2D eigenvalue weighted by Gasteiger charge is -2.28. The third-order valence-electron chi connectivity index (χ3n) is 1.41. The van der Waals surface area contributed by atoms with E-state index in [9.17, 15) is 0 Å². The number of hydrogen-bond acceptors (Lipinski definition) is 2. The molecule has 1 aromatic rings. The lowest BCUT2D eigenvalue weighted by atomic mass is 10.2. The van der Waals surface area contributed by atoms with Gasteiger partial charge in [-0.25, -0.2) is 0 Å². The molecule has 0 aliphatic heterocycles. The summed E-state index contributed by atoms with van der Waals surface area (Å²) in [6, 6.07) is 9.49. The van der Waals surface area contributed by atoms with Crippen LogP contribution in [-0.4, -0.2) is 9.49 Å². The quantitative estimate of drug-likeness (QED) is 0.670. The third-order valence-corrected chi connectivity index (χ3v) is 2.64. The monoisotopic (exact) mass is 239 g/mol.